The highest BCUT2D eigenvalue weighted by atomic mass is 16.5. The quantitative estimate of drug-likeness (QED) is 0.730. The number of methoxy groups -OCH3 is 1. The number of carbonyl (C=O) groups is 1. The van der Waals surface area contributed by atoms with E-state index in [1.54, 1.807) is 11.8 Å². The molecule has 0 aliphatic carbocycles. The summed E-state index contributed by atoms with van der Waals surface area (Å²) in [5, 5.41) is 4.03. The molecule has 0 spiro atoms. The van der Waals surface area contributed by atoms with Crippen LogP contribution in [-0.4, -0.2) is 33.3 Å². The zero-order valence-electron chi connectivity index (χ0n) is 10.4. The summed E-state index contributed by atoms with van der Waals surface area (Å²) in [5.74, 6) is 0.842. The Kier molecular flexibility index (Phi) is 4.18. The van der Waals surface area contributed by atoms with E-state index in [9.17, 15) is 4.79 Å². The van der Waals surface area contributed by atoms with Crippen LogP contribution in [0.3, 0.4) is 0 Å². The molecule has 16 heavy (non-hydrogen) atoms. The van der Waals surface area contributed by atoms with E-state index in [-0.39, 0.29) is 5.78 Å². The van der Waals surface area contributed by atoms with Gasteiger partial charge in [0.25, 0.3) is 0 Å². The Morgan fingerprint density at radius 2 is 2.25 bits per heavy atom. The fourth-order valence-corrected chi connectivity index (χ4v) is 1.48. The number of nitrogens with zero attached hydrogens (tertiary/aromatic N) is 3. The number of ether oxygens (including phenoxy) is 1. The summed E-state index contributed by atoms with van der Waals surface area (Å²) >= 11 is 0. The predicted octanol–water partition coefficient (Wildman–Crippen LogP) is 1.22. The van der Waals surface area contributed by atoms with Crippen molar-refractivity contribution >= 4 is 5.78 Å². The van der Waals surface area contributed by atoms with Gasteiger partial charge in [-0.3, -0.25) is 4.79 Å². The first-order valence-electron chi connectivity index (χ1n) is 5.42. The molecule has 1 aromatic rings. The molecule has 0 aromatic carbocycles. The third-order valence-corrected chi connectivity index (χ3v) is 2.53. The number of carbonyl (C=O) groups excluding carboxylic acids is 1. The molecule has 0 bridgehead atoms. The molecule has 0 aliphatic rings. The Morgan fingerprint density at radius 1 is 1.56 bits per heavy atom. The summed E-state index contributed by atoms with van der Waals surface area (Å²) in [6.07, 6.45) is 2.19. The highest BCUT2D eigenvalue weighted by Gasteiger charge is 2.22. The molecule has 0 unspecified atom stereocenters. The Hall–Kier alpha value is -1.23. The lowest BCUT2D eigenvalue weighted by molar-refractivity contribution is -0.123. The molecular formula is C11H19N3O2. The van der Waals surface area contributed by atoms with Crippen LogP contribution in [0.2, 0.25) is 0 Å². The maximum absolute atomic E-state index is 11.8. The summed E-state index contributed by atoms with van der Waals surface area (Å²) in [4.78, 5) is 15.9. The van der Waals surface area contributed by atoms with E-state index < -0.39 is 5.60 Å². The van der Waals surface area contributed by atoms with Gasteiger partial charge in [-0.1, -0.05) is 0 Å². The van der Waals surface area contributed by atoms with Crippen molar-refractivity contribution in [3.8, 4) is 0 Å². The normalized spacial score (nSPS) is 11.8. The molecule has 90 valence electrons. The Labute approximate surface area is 95.8 Å². The number of aryl methyl sites for hydroxylation is 1. The van der Waals surface area contributed by atoms with Gasteiger partial charge in [0.15, 0.2) is 0 Å². The van der Waals surface area contributed by atoms with Crippen molar-refractivity contribution < 1.29 is 9.53 Å². The lowest BCUT2D eigenvalue weighted by atomic mass is 10.00. The second kappa shape index (κ2) is 5.21. The summed E-state index contributed by atoms with van der Waals surface area (Å²) in [6.45, 7) is 6.50. The average Bonchev–Trinajstić information content (AvgIpc) is 2.64. The predicted molar refractivity (Wildman–Crippen MR) is 60.1 cm³/mol. The fraction of sp³-hybridized carbons (Fsp3) is 0.727. The molecule has 1 aromatic heterocycles. The van der Waals surface area contributed by atoms with E-state index in [2.05, 4.69) is 10.1 Å². The molecule has 1 rings (SSSR count). The minimum atomic E-state index is -0.409. The highest BCUT2D eigenvalue weighted by Crippen LogP contribution is 2.14. The van der Waals surface area contributed by atoms with Crippen LogP contribution in [0.25, 0.3) is 0 Å². The van der Waals surface area contributed by atoms with E-state index >= 15 is 0 Å². The van der Waals surface area contributed by atoms with Gasteiger partial charge in [0.1, 0.15) is 17.9 Å². The molecule has 0 atom stereocenters. The molecule has 0 saturated heterocycles. The van der Waals surface area contributed by atoms with Gasteiger partial charge in [0.05, 0.1) is 12.0 Å². The van der Waals surface area contributed by atoms with Crippen molar-refractivity contribution in [2.45, 2.75) is 45.8 Å². The third kappa shape index (κ3) is 3.41. The Bertz CT molecular complexity index is 358. The first kappa shape index (κ1) is 12.8. The zero-order chi connectivity index (χ0) is 12.2. The van der Waals surface area contributed by atoms with Crippen molar-refractivity contribution in [1.29, 1.82) is 0 Å². The largest absolute Gasteiger partial charge is 0.378 e. The van der Waals surface area contributed by atoms with Crippen LogP contribution in [0.15, 0.2) is 6.33 Å². The number of aromatic nitrogens is 3. The van der Waals surface area contributed by atoms with Crippen molar-refractivity contribution in [2.75, 3.05) is 7.11 Å². The van der Waals surface area contributed by atoms with Crippen LogP contribution >= 0.6 is 0 Å². The molecule has 0 amide bonds. The van der Waals surface area contributed by atoms with Crippen molar-refractivity contribution in [3.63, 3.8) is 0 Å². The molecule has 1 heterocycles. The monoisotopic (exact) mass is 225 g/mol. The average molecular weight is 225 g/mol. The minimum Gasteiger partial charge on any atom is -0.378 e. The molecule has 0 N–H and O–H groups in total. The number of Topliss-reactive ketones (excluding diaryl/α,β-unsaturated/α-hetero) is 1. The summed E-state index contributed by atoms with van der Waals surface area (Å²) < 4.78 is 6.95. The Balaban J connectivity index is 2.58. The molecule has 0 aliphatic heterocycles. The summed E-state index contributed by atoms with van der Waals surface area (Å²) in [5.41, 5.74) is -0.409. The van der Waals surface area contributed by atoms with Gasteiger partial charge in [-0.25, -0.2) is 9.67 Å². The second-order valence-electron chi connectivity index (χ2n) is 4.35. The maximum Gasteiger partial charge on any atom is 0.143 e. The van der Waals surface area contributed by atoms with E-state index in [1.807, 2.05) is 20.8 Å². The standard InChI is InChI=1S/C11H19N3O2/c1-5-14-10(12-8-13-14)6-9(15)7-11(2,3)16-4/h8H,5-7H2,1-4H3. The minimum absolute atomic E-state index is 0.120. The van der Waals surface area contributed by atoms with E-state index in [0.717, 1.165) is 12.4 Å². The van der Waals surface area contributed by atoms with E-state index in [1.165, 1.54) is 6.33 Å². The van der Waals surface area contributed by atoms with Gasteiger partial charge in [-0.2, -0.15) is 5.10 Å². The van der Waals surface area contributed by atoms with Gasteiger partial charge < -0.3 is 4.74 Å². The summed E-state index contributed by atoms with van der Waals surface area (Å²) in [7, 11) is 1.61. The maximum atomic E-state index is 11.8. The number of hydrogen-bond acceptors (Lipinski definition) is 4. The highest BCUT2D eigenvalue weighted by molar-refractivity contribution is 5.81. The van der Waals surface area contributed by atoms with Crippen LogP contribution in [0, 0.1) is 0 Å². The lowest BCUT2D eigenvalue weighted by Crippen LogP contribution is -2.27. The van der Waals surface area contributed by atoms with Crippen LogP contribution in [0.5, 0.6) is 0 Å². The van der Waals surface area contributed by atoms with Crippen molar-refractivity contribution in [1.82, 2.24) is 14.8 Å². The number of hydrogen-bond donors (Lipinski definition) is 0. The third-order valence-electron chi connectivity index (χ3n) is 2.53. The van der Waals surface area contributed by atoms with Crippen LogP contribution < -0.4 is 0 Å². The van der Waals surface area contributed by atoms with Gasteiger partial charge in [0, 0.05) is 20.1 Å². The smallest absolute Gasteiger partial charge is 0.143 e. The van der Waals surface area contributed by atoms with Crippen LogP contribution in [0.1, 0.15) is 33.0 Å². The van der Waals surface area contributed by atoms with Gasteiger partial charge in [-0.05, 0) is 20.8 Å². The van der Waals surface area contributed by atoms with Gasteiger partial charge in [-0.15, -0.1) is 0 Å². The van der Waals surface area contributed by atoms with E-state index in [0.29, 0.717) is 12.8 Å². The zero-order valence-corrected chi connectivity index (χ0v) is 10.4. The molecule has 5 nitrogen and oxygen atoms in total. The molecule has 0 radical (unpaired) electrons. The van der Waals surface area contributed by atoms with Crippen LogP contribution in [-0.2, 0) is 22.5 Å². The number of rotatable bonds is 6. The van der Waals surface area contributed by atoms with Crippen LogP contribution in [0.4, 0.5) is 0 Å². The Morgan fingerprint density at radius 3 is 2.81 bits per heavy atom. The molecule has 5 heteroatoms. The number of ketones is 1. The first-order chi connectivity index (χ1) is 7.48. The lowest BCUT2D eigenvalue weighted by Gasteiger charge is -2.21. The molecule has 0 fully saturated rings. The van der Waals surface area contributed by atoms with Crippen molar-refractivity contribution in [3.05, 3.63) is 12.2 Å². The molecule has 0 saturated carbocycles. The van der Waals surface area contributed by atoms with Crippen molar-refractivity contribution in [2.24, 2.45) is 0 Å². The second-order valence-corrected chi connectivity index (χ2v) is 4.35. The van der Waals surface area contributed by atoms with Gasteiger partial charge >= 0.3 is 0 Å². The SMILES string of the molecule is CCn1ncnc1CC(=O)CC(C)(C)OC. The topological polar surface area (TPSA) is 57.0 Å². The first-order valence-corrected chi connectivity index (χ1v) is 5.42. The summed E-state index contributed by atoms with van der Waals surface area (Å²) in [6, 6.07) is 0. The molecular weight excluding hydrogens is 206 g/mol. The van der Waals surface area contributed by atoms with Gasteiger partial charge in [0.2, 0.25) is 0 Å². The fourth-order valence-electron chi connectivity index (χ4n) is 1.48. The van der Waals surface area contributed by atoms with E-state index in [4.69, 9.17) is 4.74 Å².